The highest BCUT2D eigenvalue weighted by Crippen LogP contribution is 2.38. The molecular weight excluding hydrogens is 427 g/mol. The van der Waals surface area contributed by atoms with Gasteiger partial charge in [-0.25, -0.2) is 9.78 Å². The van der Waals surface area contributed by atoms with Crippen LogP contribution in [-0.4, -0.2) is 45.9 Å². The molecule has 10 heteroatoms. The number of nitrogens with one attached hydrogen (secondary N) is 3. The smallest absolute Gasteiger partial charge is 0.407 e. The van der Waals surface area contributed by atoms with Gasteiger partial charge >= 0.3 is 6.09 Å². The summed E-state index contributed by atoms with van der Waals surface area (Å²) in [6.07, 6.45) is 4.15. The molecular formula is C23H31FN6O3. The summed E-state index contributed by atoms with van der Waals surface area (Å²) in [4.78, 5) is 28.1. The summed E-state index contributed by atoms with van der Waals surface area (Å²) < 4.78 is 18.9. The first-order chi connectivity index (χ1) is 15.7. The number of pyridine rings is 1. The van der Waals surface area contributed by atoms with Crippen molar-refractivity contribution in [2.45, 2.75) is 64.4 Å². The highest BCUT2D eigenvalue weighted by atomic mass is 19.1. The maximum atomic E-state index is 13.7. The Bertz CT molecular complexity index is 958. The van der Waals surface area contributed by atoms with Gasteiger partial charge in [0.05, 0.1) is 11.3 Å². The molecule has 0 saturated heterocycles. The molecule has 0 spiro atoms. The molecule has 2 heterocycles. The normalized spacial score (nSPS) is 13.3. The largest absolute Gasteiger partial charge is 0.444 e. The number of carbonyl (C=O) groups excluding carboxylic acids is 2. The summed E-state index contributed by atoms with van der Waals surface area (Å²) in [5.74, 6) is -0.143. The number of halogens is 1. The Morgan fingerprint density at radius 1 is 1.06 bits per heavy atom. The predicted molar refractivity (Wildman–Crippen MR) is 123 cm³/mol. The van der Waals surface area contributed by atoms with E-state index in [2.05, 4.69) is 31.1 Å². The molecule has 9 nitrogen and oxygen atoms in total. The summed E-state index contributed by atoms with van der Waals surface area (Å²) in [6, 6.07) is 6.11. The lowest BCUT2D eigenvalue weighted by Crippen LogP contribution is -2.33. The number of hydrogen-bond acceptors (Lipinski definition) is 7. The average Bonchev–Trinajstić information content (AvgIpc) is 3.58. The molecule has 0 radical (unpaired) electrons. The molecule has 2 aromatic heterocycles. The summed E-state index contributed by atoms with van der Waals surface area (Å²) in [5, 5.41) is 16.6. The van der Waals surface area contributed by atoms with Crippen LogP contribution in [0.15, 0.2) is 24.3 Å². The van der Waals surface area contributed by atoms with Crippen molar-refractivity contribution in [1.29, 1.82) is 0 Å². The number of aromatic nitrogens is 3. The van der Waals surface area contributed by atoms with E-state index in [1.807, 2.05) is 26.8 Å². The van der Waals surface area contributed by atoms with Gasteiger partial charge < -0.3 is 20.7 Å². The van der Waals surface area contributed by atoms with Crippen LogP contribution < -0.4 is 16.0 Å². The third kappa shape index (κ3) is 8.28. The van der Waals surface area contributed by atoms with Gasteiger partial charge in [-0.05, 0) is 77.1 Å². The van der Waals surface area contributed by atoms with E-state index in [1.165, 1.54) is 6.07 Å². The van der Waals surface area contributed by atoms with Crippen LogP contribution in [0.2, 0.25) is 0 Å². The molecule has 33 heavy (non-hydrogen) atoms. The number of carbonyl (C=O) groups is 2. The van der Waals surface area contributed by atoms with Gasteiger partial charge in [-0.3, -0.25) is 4.79 Å². The highest BCUT2D eigenvalue weighted by molar-refractivity contribution is 6.07. The number of hydrogen-bond donors (Lipinski definition) is 3. The molecule has 3 rings (SSSR count). The minimum atomic E-state index is -0.677. The van der Waals surface area contributed by atoms with Crippen LogP contribution in [-0.2, 0) is 4.74 Å². The molecule has 1 aliphatic carbocycles. The number of unbranched alkanes of at least 4 members (excludes halogenated alkanes) is 2. The molecule has 1 saturated carbocycles. The number of nitrogens with zero attached hydrogens (tertiary/aromatic N) is 3. The molecule has 2 amide bonds. The summed E-state index contributed by atoms with van der Waals surface area (Å²) >= 11 is 0. The maximum absolute atomic E-state index is 13.7. The Morgan fingerprint density at radius 2 is 1.82 bits per heavy atom. The van der Waals surface area contributed by atoms with Crippen molar-refractivity contribution in [2.75, 3.05) is 23.7 Å². The molecule has 0 bridgehead atoms. The minimum absolute atomic E-state index is 0.168. The molecule has 0 aliphatic heterocycles. The zero-order valence-corrected chi connectivity index (χ0v) is 19.3. The minimum Gasteiger partial charge on any atom is -0.444 e. The maximum Gasteiger partial charge on any atom is 0.407 e. The molecule has 0 unspecified atom stereocenters. The van der Waals surface area contributed by atoms with Crippen LogP contribution in [0.25, 0.3) is 0 Å². The molecule has 2 aromatic rings. The van der Waals surface area contributed by atoms with Crippen LogP contribution in [0, 0.1) is 5.95 Å². The molecule has 0 atom stereocenters. The first-order valence-electron chi connectivity index (χ1n) is 11.2. The fraction of sp³-hybridized carbons (Fsp3) is 0.522. The predicted octanol–water partition coefficient (Wildman–Crippen LogP) is 4.25. The molecule has 0 aromatic carbocycles. The number of ether oxygens (including phenoxy) is 1. The number of amides is 2. The molecule has 3 N–H and O–H groups in total. The fourth-order valence-corrected chi connectivity index (χ4v) is 3.08. The van der Waals surface area contributed by atoms with Crippen molar-refractivity contribution in [2.24, 2.45) is 0 Å². The summed E-state index contributed by atoms with van der Waals surface area (Å²) in [5.41, 5.74) is 0.624. The number of rotatable bonds is 10. The molecule has 178 valence electrons. The first-order valence-corrected chi connectivity index (χ1v) is 11.2. The molecule has 1 aliphatic rings. The summed E-state index contributed by atoms with van der Waals surface area (Å²) in [7, 11) is 0. The second kappa shape index (κ2) is 11.0. The van der Waals surface area contributed by atoms with Crippen LogP contribution in [0.3, 0.4) is 0 Å². The van der Waals surface area contributed by atoms with Gasteiger partial charge in [0.15, 0.2) is 5.82 Å². The van der Waals surface area contributed by atoms with E-state index in [0.717, 1.165) is 43.9 Å². The van der Waals surface area contributed by atoms with Crippen molar-refractivity contribution in [3.8, 4) is 0 Å². The van der Waals surface area contributed by atoms with Crippen LogP contribution in [0.5, 0.6) is 0 Å². The monoisotopic (exact) mass is 458 g/mol. The van der Waals surface area contributed by atoms with Gasteiger partial charge in [0.25, 0.3) is 5.91 Å². The van der Waals surface area contributed by atoms with Crippen LogP contribution in [0.4, 0.5) is 20.8 Å². The zero-order chi connectivity index (χ0) is 23.8. The van der Waals surface area contributed by atoms with Gasteiger partial charge in [0.1, 0.15) is 11.4 Å². The Balaban J connectivity index is 1.43. The van der Waals surface area contributed by atoms with Crippen molar-refractivity contribution in [3.05, 3.63) is 41.5 Å². The highest BCUT2D eigenvalue weighted by Gasteiger charge is 2.25. The SMILES string of the molecule is CC(C)(C)OC(=O)NCCCCCNc1nc(F)ccc1C(=O)Nc1ccc(C2CC2)nn1. The van der Waals surface area contributed by atoms with E-state index in [4.69, 9.17) is 4.74 Å². The van der Waals surface area contributed by atoms with Gasteiger partial charge in [-0.1, -0.05) is 0 Å². The van der Waals surface area contributed by atoms with Gasteiger partial charge in [-0.15, -0.1) is 5.10 Å². The zero-order valence-electron chi connectivity index (χ0n) is 19.3. The van der Waals surface area contributed by atoms with Crippen molar-refractivity contribution in [3.63, 3.8) is 0 Å². The van der Waals surface area contributed by atoms with E-state index in [9.17, 15) is 14.0 Å². The second-order valence-electron chi connectivity index (χ2n) is 9.02. The quantitative estimate of drug-likeness (QED) is 0.360. The Labute approximate surface area is 192 Å². The van der Waals surface area contributed by atoms with E-state index in [1.54, 1.807) is 6.07 Å². The second-order valence-corrected chi connectivity index (χ2v) is 9.02. The molecule has 1 fully saturated rings. The lowest BCUT2D eigenvalue weighted by molar-refractivity contribution is 0.0527. The van der Waals surface area contributed by atoms with Crippen molar-refractivity contribution in [1.82, 2.24) is 20.5 Å². The first kappa shape index (κ1) is 24.3. The van der Waals surface area contributed by atoms with E-state index >= 15 is 0 Å². The Hall–Kier alpha value is -3.30. The standard InChI is InChI=1S/C23H31FN6O3/c1-23(2,3)33-22(32)26-14-6-4-5-13-25-20-16(9-11-18(24)27-20)21(31)28-19-12-10-17(29-30-19)15-7-8-15/h9-12,15H,4-8,13-14H2,1-3H3,(H,25,27)(H,26,32)(H,28,30,31). The topological polar surface area (TPSA) is 118 Å². The van der Waals surface area contributed by atoms with E-state index in [0.29, 0.717) is 24.8 Å². The lowest BCUT2D eigenvalue weighted by Gasteiger charge is -2.19. The Kier molecular flexibility index (Phi) is 8.13. The van der Waals surface area contributed by atoms with Gasteiger partial charge in [0, 0.05) is 19.0 Å². The number of alkyl carbamates (subject to hydrolysis) is 1. The van der Waals surface area contributed by atoms with Gasteiger partial charge in [0.2, 0.25) is 5.95 Å². The van der Waals surface area contributed by atoms with Gasteiger partial charge in [-0.2, -0.15) is 9.49 Å². The van der Waals surface area contributed by atoms with Crippen LogP contribution in [0.1, 0.15) is 74.8 Å². The van der Waals surface area contributed by atoms with Crippen LogP contribution >= 0.6 is 0 Å². The third-order valence-corrected chi connectivity index (χ3v) is 4.84. The fourth-order valence-electron chi connectivity index (χ4n) is 3.08. The van der Waals surface area contributed by atoms with E-state index < -0.39 is 23.5 Å². The van der Waals surface area contributed by atoms with Crippen molar-refractivity contribution >= 4 is 23.6 Å². The average molecular weight is 459 g/mol. The lowest BCUT2D eigenvalue weighted by atomic mass is 10.2. The van der Waals surface area contributed by atoms with E-state index in [-0.39, 0.29) is 11.4 Å². The van der Waals surface area contributed by atoms with Crippen molar-refractivity contribution < 1.29 is 18.7 Å². The third-order valence-electron chi connectivity index (χ3n) is 4.84. The number of anilines is 2. The Morgan fingerprint density at radius 3 is 2.48 bits per heavy atom. The summed E-state index contributed by atoms with van der Waals surface area (Å²) in [6.45, 7) is 6.43.